The SMILES string of the molecule is O=C(CSCc1ccccc1)N1C[C@@H](O)[C@@H](O)C1. The number of rotatable bonds is 4. The first kappa shape index (κ1) is 13.4. The van der Waals surface area contributed by atoms with Gasteiger partial charge in [0.25, 0.3) is 0 Å². The van der Waals surface area contributed by atoms with Crippen molar-refractivity contribution in [1.82, 2.24) is 4.90 Å². The number of carbonyl (C=O) groups excluding carboxylic acids is 1. The standard InChI is InChI=1S/C13H17NO3S/c15-11-6-14(7-12(11)16)13(17)9-18-8-10-4-2-1-3-5-10/h1-5,11-12,15-16H,6-9H2/t11-,12+. The summed E-state index contributed by atoms with van der Waals surface area (Å²) in [5.74, 6) is 1.16. The molecule has 1 amide bonds. The number of hydrogen-bond donors (Lipinski definition) is 2. The van der Waals surface area contributed by atoms with Crippen LogP contribution in [0.25, 0.3) is 0 Å². The van der Waals surface area contributed by atoms with Crippen LogP contribution in [0.3, 0.4) is 0 Å². The lowest BCUT2D eigenvalue weighted by Gasteiger charge is -2.14. The van der Waals surface area contributed by atoms with Crippen LogP contribution in [0.2, 0.25) is 0 Å². The first-order valence-electron chi connectivity index (χ1n) is 5.92. The molecule has 0 aromatic heterocycles. The molecule has 2 atom stereocenters. The van der Waals surface area contributed by atoms with E-state index in [2.05, 4.69) is 0 Å². The molecule has 0 unspecified atom stereocenters. The summed E-state index contributed by atoms with van der Waals surface area (Å²) in [5, 5.41) is 18.7. The van der Waals surface area contributed by atoms with Gasteiger partial charge in [-0.25, -0.2) is 0 Å². The fourth-order valence-corrected chi connectivity index (χ4v) is 2.78. The molecule has 2 rings (SSSR count). The van der Waals surface area contributed by atoms with Gasteiger partial charge < -0.3 is 15.1 Å². The molecule has 1 aliphatic rings. The van der Waals surface area contributed by atoms with Gasteiger partial charge >= 0.3 is 0 Å². The Morgan fingerprint density at radius 1 is 1.22 bits per heavy atom. The number of thioether (sulfide) groups is 1. The summed E-state index contributed by atoms with van der Waals surface area (Å²) in [4.78, 5) is 13.3. The third-order valence-electron chi connectivity index (χ3n) is 2.95. The van der Waals surface area contributed by atoms with Crippen LogP contribution in [0.5, 0.6) is 0 Å². The van der Waals surface area contributed by atoms with E-state index >= 15 is 0 Å². The van der Waals surface area contributed by atoms with Crippen LogP contribution in [-0.4, -0.2) is 52.1 Å². The third-order valence-corrected chi connectivity index (χ3v) is 3.94. The zero-order valence-electron chi connectivity index (χ0n) is 10.0. The highest BCUT2D eigenvalue weighted by molar-refractivity contribution is 7.99. The van der Waals surface area contributed by atoms with Crippen LogP contribution in [-0.2, 0) is 10.5 Å². The van der Waals surface area contributed by atoms with Crippen molar-refractivity contribution in [3.05, 3.63) is 35.9 Å². The second-order valence-corrected chi connectivity index (χ2v) is 5.40. The molecule has 0 bridgehead atoms. The summed E-state index contributed by atoms with van der Waals surface area (Å²) in [6.07, 6.45) is -1.60. The average molecular weight is 267 g/mol. The molecule has 98 valence electrons. The molecule has 1 saturated heterocycles. The molecule has 0 saturated carbocycles. The average Bonchev–Trinajstić information content (AvgIpc) is 2.71. The van der Waals surface area contributed by atoms with Gasteiger partial charge in [0.05, 0.1) is 18.0 Å². The Balaban J connectivity index is 1.73. The Kier molecular flexibility index (Phi) is 4.63. The lowest BCUT2D eigenvalue weighted by atomic mass is 10.2. The highest BCUT2D eigenvalue weighted by Crippen LogP contribution is 2.15. The minimum absolute atomic E-state index is 0.0217. The lowest BCUT2D eigenvalue weighted by molar-refractivity contribution is -0.127. The fourth-order valence-electron chi connectivity index (χ4n) is 1.89. The molecule has 1 aromatic rings. The van der Waals surface area contributed by atoms with Crippen molar-refractivity contribution >= 4 is 17.7 Å². The maximum absolute atomic E-state index is 11.8. The molecule has 5 heteroatoms. The Morgan fingerprint density at radius 2 is 1.83 bits per heavy atom. The molecule has 0 spiro atoms. The van der Waals surface area contributed by atoms with Crippen LogP contribution in [0.15, 0.2) is 30.3 Å². The van der Waals surface area contributed by atoms with E-state index in [4.69, 9.17) is 0 Å². The van der Waals surface area contributed by atoms with Gasteiger partial charge in [0.1, 0.15) is 0 Å². The lowest BCUT2D eigenvalue weighted by Crippen LogP contribution is -2.31. The summed E-state index contributed by atoms with van der Waals surface area (Å²) in [5.41, 5.74) is 1.19. The minimum atomic E-state index is -0.798. The van der Waals surface area contributed by atoms with Crippen LogP contribution in [0.1, 0.15) is 5.56 Å². The summed E-state index contributed by atoms with van der Waals surface area (Å²) < 4.78 is 0. The largest absolute Gasteiger partial charge is 0.388 e. The van der Waals surface area contributed by atoms with Gasteiger partial charge in [-0.3, -0.25) is 4.79 Å². The molecule has 1 aliphatic heterocycles. The van der Waals surface area contributed by atoms with E-state index < -0.39 is 12.2 Å². The molecule has 18 heavy (non-hydrogen) atoms. The molecular weight excluding hydrogens is 250 g/mol. The van der Waals surface area contributed by atoms with Crippen LogP contribution < -0.4 is 0 Å². The van der Waals surface area contributed by atoms with Crippen LogP contribution in [0.4, 0.5) is 0 Å². The highest BCUT2D eigenvalue weighted by atomic mass is 32.2. The monoisotopic (exact) mass is 267 g/mol. The third kappa shape index (κ3) is 3.48. The van der Waals surface area contributed by atoms with Crippen LogP contribution in [0, 0.1) is 0 Å². The number of carbonyl (C=O) groups is 1. The normalized spacial score (nSPS) is 23.3. The number of nitrogens with zero attached hydrogens (tertiary/aromatic N) is 1. The molecule has 1 heterocycles. The molecule has 1 fully saturated rings. The second-order valence-electron chi connectivity index (χ2n) is 4.41. The number of aliphatic hydroxyl groups excluding tert-OH is 2. The van der Waals surface area contributed by atoms with E-state index in [9.17, 15) is 15.0 Å². The van der Waals surface area contributed by atoms with Gasteiger partial charge in [-0.05, 0) is 5.56 Å². The number of likely N-dealkylation sites (tertiary alicyclic amines) is 1. The fraction of sp³-hybridized carbons (Fsp3) is 0.462. The van der Waals surface area contributed by atoms with Crippen molar-refractivity contribution in [3.63, 3.8) is 0 Å². The van der Waals surface area contributed by atoms with E-state index in [0.29, 0.717) is 5.75 Å². The smallest absolute Gasteiger partial charge is 0.232 e. The van der Waals surface area contributed by atoms with E-state index in [1.807, 2.05) is 30.3 Å². The Morgan fingerprint density at radius 3 is 2.44 bits per heavy atom. The number of hydrogen-bond acceptors (Lipinski definition) is 4. The van der Waals surface area contributed by atoms with Gasteiger partial charge in [-0.2, -0.15) is 0 Å². The van der Waals surface area contributed by atoms with Gasteiger partial charge in [0.2, 0.25) is 5.91 Å². The molecule has 2 N–H and O–H groups in total. The molecule has 1 aromatic carbocycles. The van der Waals surface area contributed by atoms with Crippen molar-refractivity contribution in [2.75, 3.05) is 18.8 Å². The van der Waals surface area contributed by atoms with Crippen molar-refractivity contribution in [3.8, 4) is 0 Å². The quantitative estimate of drug-likeness (QED) is 0.833. The Hall–Kier alpha value is -1.04. The van der Waals surface area contributed by atoms with Gasteiger partial charge in [-0.15, -0.1) is 11.8 Å². The summed E-state index contributed by atoms with van der Waals surface area (Å²) in [6.45, 7) is 0.484. The van der Waals surface area contributed by atoms with E-state index in [1.165, 1.54) is 10.5 Å². The van der Waals surface area contributed by atoms with Gasteiger partial charge in [0, 0.05) is 18.8 Å². The number of benzene rings is 1. The van der Waals surface area contributed by atoms with Crippen molar-refractivity contribution in [2.24, 2.45) is 0 Å². The molecule has 4 nitrogen and oxygen atoms in total. The molecule has 0 radical (unpaired) electrons. The first-order valence-corrected chi connectivity index (χ1v) is 7.08. The van der Waals surface area contributed by atoms with Gasteiger partial charge in [0.15, 0.2) is 0 Å². The zero-order chi connectivity index (χ0) is 13.0. The number of amides is 1. The summed E-state index contributed by atoms with van der Waals surface area (Å²) in [7, 11) is 0. The van der Waals surface area contributed by atoms with E-state index in [-0.39, 0.29) is 19.0 Å². The highest BCUT2D eigenvalue weighted by Gasteiger charge is 2.32. The maximum atomic E-state index is 11.8. The van der Waals surface area contributed by atoms with Gasteiger partial charge in [-0.1, -0.05) is 30.3 Å². The van der Waals surface area contributed by atoms with E-state index in [1.54, 1.807) is 11.8 Å². The van der Waals surface area contributed by atoms with Crippen molar-refractivity contribution in [2.45, 2.75) is 18.0 Å². The summed E-state index contributed by atoms with van der Waals surface area (Å²) in [6, 6.07) is 9.98. The Labute approximate surface area is 111 Å². The zero-order valence-corrected chi connectivity index (χ0v) is 10.8. The number of β-amino-alcohol motifs (C(OH)–C–C–N with tert-alkyl or cyclic N) is 2. The predicted octanol–water partition coefficient (Wildman–Crippen LogP) is 0.484. The van der Waals surface area contributed by atoms with Crippen molar-refractivity contribution < 1.29 is 15.0 Å². The second kappa shape index (κ2) is 6.22. The molecular formula is C13H17NO3S. The minimum Gasteiger partial charge on any atom is -0.388 e. The summed E-state index contributed by atoms with van der Waals surface area (Å²) >= 11 is 1.55. The first-order chi connectivity index (χ1) is 8.66. The molecule has 0 aliphatic carbocycles. The topological polar surface area (TPSA) is 60.8 Å². The van der Waals surface area contributed by atoms with Crippen LogP contribution >= 0.6 is 11.8 Å². The maximum Gasteiger partial charge on any atom is 0.232 e. The predicted molar refractivity (Wildman–Crippen MR) is 71.2 cm³/mol. The number of aliphatic hydroxyl groups is 2. The Bertz CT molecular complexity index is 388. The van der Waals surface area contributed by atoms with E-state index in [0.717, 1.165) is 5.75 Å². The van der Waals surface area contributed by atoms with Crippen molar-refractivity contribution in [1.29, 1.82) is 0 Å².